The number of aryl methyl sites for hydroxylation is 1. The average molecular weight is 386 g/mol. The fourth-order valence-electron chi connectivity index (χ4n) is 3.26. The zero-order valence-corrected chi connectivity index (χ0v) is 16.7. The van der Waals surface area contributed by atoms with Crippen LogP contribution in [0.2, 0.25) is 0 Å². The van der Waals surface area contributed by atoms with Gasteiger partial charge >= 0.3 is 0 Å². The van der Waals surface area contributed by atoms with Crippen LogP contribution in [0.4, 0.5) is 5.69 Å². The van der Waals surface area contributed by atoms with E-state index in [4.69, 9.17) is 21.7 Å². The third-order valence-electron chi connectivity index (χ3n) is 4.72. The zero-order chi connectivity index (χ0) is 19.1. The summed E-state index contributed by atoms with van der Waals surface area (Å²) < 4.78 is 10.8. The van der Waals surface area contributed by atoms with Gasteiger partial charge in [0.05, 0.1) is 26.4 Å². The fraction of sp³-hybridized carbons (Fsp3) is 0.381. The number of methoxy groups -OCH3 is 1. The first-order valence-corrected chi connectivity index (χ1v) is 9.64. The van der Waals surface area contributed by atoms with Gasteiger partial charge in [0.15, 0.2) is 5.11 Å². The van der Waals surface area contributed by atoms with Crippen LogP contribution in [0.25, 0.3) is 0 Å². The number of benzene rings is 2. The van der Waals surface area contributed by atoms with Crippen LogP contribution in [0.15, 0.2) is 48.5 Å². The summed E-state index contributed by atoms with van der Waals surface area (Å²) in [5, 5.41) is 7.28. The highest BCUT2D eigenvalue weighted by Gasteiger charge is 2.22. The molecule has 1 aliphatic rings. The number of thiocarbonyl (C=S) groups is 1. The summed E-state index contributed by atoms with van der Waals surface area (Å²) in [6, 6.07) is 16.7. The molecule has 27 heavy (non-hydrogen) atoms. The lowest BCUT2D eigenvalue weighted by Crippen LogP contribution is -2.44. The highest BCUT2D eigenvalue weighted by molar-refractivity contribution is 7.80. The molecular weight excluding hydrogens is 358 g/mol. The largest absolute Gasteiger partial charge is 0.497 e. The lowest BCUT2D eigenvalue weighted by atomic mass is 10.0. The summed E-state index contributed by atoms with van der Waals surface area (Å²) >= 11 is 5.50. The Morgan fingerprint density at radius 2 is 1.93 bits per heavy atom. The Balaban J connectivity index is 1.65. The molecule has 0 spiro atoms. The first kappa shape index (κ1) is 19.6. The van der Waals surface area contributed by atoms with Gasteiger partial charge in [-0.2, -0.15) is 0 Å². The van der Waals surface area contributed by atoms with Crippen molar-refractivity contribution in [2.45, 2.75) is 13.0 Å². The van der Waals surface area contributed by atoms with E-state index in [1.165, 1.54) is 11.1 Å². The molecule has 1 saturated heterocycles. The predicted molar refractivity (Wildman–Crippen MR) is 114 cm³/mol. The molecule has 144 valence electrons. The first-order valence-electron chi connectivity index (χ1n) is 9.23. The van der Waals surface area contributed by atoms with Gasteiger partial charge in [0.25, 0.3) is 0 Å². The van der Waals surface area contributed by atoms with Crippen molar-refractivity contribution < 1.29 is 9.47 Å². The zero-order valence-electron chi connectivity index (χ0n) is 15.9. The number of rotatable bonds is 6. The van der Waals surface area contributed by atoms with E-state index in [-0.39, 0.29) is 6.04 Å². The maximum atomic E-state index is 5.52. The van der Waals surface area contributed by atoms with E-state index in [0.717, 1.165) is 44.3 Å². The molecule has 2 aromatic rings. The van der Waals surface area contributed by atoms with E-state index in [2.05, 4.69) is 46.7 Å². The standard InChI is InChI=1S/C21H27N3O2S/c1-16-4-3-5-18(14-16)23-21(27)22-15-20(24-10-12-26-13-11-24)17-6-8-19(25-2)9-7-17/h3-9,14,20H,10-13,15H2,1-2H3,(H2,22,23,27)/t20-/m0/s1. The molecule has 1 fully saturated rings. The van der Waals surface area contributed by atoms with Crippen molar-refractivity contribution in [3.05, 3.63) is 59.7 Å². The van der Waals surface area contributed by atoms with Gasteiger partial charge in [-0.15, -0.1) is 0 Å². The number of nitrogens with zero attached hydrogens (tertiary/aromatic N) is 1. The minimum Gasteiger partial charge on any atom is -0.497 e. The van der Waals surface area contributed by atoms with Crippen LogP contribution >= 0.6 is 12.2 Å². The van der Waals surface area contributed by atoms with Crippen molar-refractivity contribution in [1.29, 1.82) is 0 Å². The van der Waals surface area contributed by atoms with Crippen molar-refractivity contribution in [1.82, 2.24) is 10.2 Å². The van der Waals surface area contributed by atoms with E-state index in [9.17, 15) is 0 Å². The molecule has 6 heteroatoms. The third-order valence-corrected chi connectivity index (χ3v) is 4.97. The van der Waals surface area contributed by atoms with E-state index in [0.29, 0.717) is 5.11 Å². The molecule has 1 heterocycles. The Morgan fingerprint density at radius 1 is 1.19 bits per heavy atom. The molecule has 0 bridgehead atoms. The summed E-state index contributed by atoms with van der Waals surface area (Å²) in [5.74, 6) is 0.865. The van der Waals surface area contributed by atoms with Gasteiger partial charge in [-0.05, 0) is 54.5 Å². The van der Waals surface area contributed by atoms with E-state index in [1.54, 1.807) is 7.11 Å². The monoisotopic (exact) mass is 385 g/mol. The second-order valence-corrected chi connectivity index (χ2v) is 7.05. The molecule has 3 rings (SSSR count). The Kier molecular flexibility index (Phi) is 7.04. The van der Waals surface area contributed by atoms with Gasteiger partial charge in [-0.25, -0.2) is 0 Å². The van der Waals surface area contributed by atoms with Crippen LogP contribution in [0.3, 0.4) is 0 Å². The van der Waals surface area contributed by atoms with Crippen LogP contribution in [0.1, 0.15) is 17.2 Å². The normalized spacial score (nSPS) is 15.8. The fourth-order valence-corrected chi connectivity index (χ4v) is 3.46. The smallest absolute Gasteiger partial charge is 0.170 e. The molecule has 0 unspecified atom stereocenters. The SMILES string of the molecule is COc1ccc([C@H](CNC(=S)Nc2cccc(C)c2)N2CCOCC2)cc1. The molecule has 5 nitrogen and oxygen atoms in total. The lowest BCUT2D eigenvalue weighted by Gasteiger charge is -2.35. The Bertz CT molecular complexity index is 745. The van der Waals surface area contributed by atoms with Crippen molar-refractivity contribution in [2.24, 2.45) is 0 Å². The number of morpholine rings is 1. The topological polar surface area (TPSA) is 45.8 Å². The molecule has 0 aromatic heterocycles. The highest BCUT2D eigenvalue weighted by Crippen LogP contribution is 2.23. The van der Waals surface area contributed by atoms with E-state index < -0.39 is 0 Å². The van der Waals surface area contributed by atoms with Gasteiger partial charge in [0.1, 0.15) is 5.75 Å². The summed E-state index contributed by atoms with van der Waals surface area (Å²) in [5.41, 5.74) is 3.44. The van der Waals surface area contributed by atoms with Crippen LogP contribution in [0.5, 0.6) is 5.75 Å². The van der Waals surface area contributed by atoms with Crippen molar-refractivity contribution in [3.8, 4) is 5.75 Å². The molecule has 1 aliphatic heterocycles. The minimum absolute atomic E-state index is 0.220. The minimum atomic E-state index is 0.220. The molecule has 1 atom stereocenters. The van der Waals surface area contributed by atoms with Crippen LogP contribution in [0, 0.1) is 6.92 Å². The molecule has 0 saturated carbocycles. The Morgan fingerprint density at radius 3 is 2.59 bits per heavy atom. The van der Waals surface area contributed by atoms with Gasteiger partial charge < -0.3 is 20.1 Å². The quantitative estimate of drug-likeness (QED) is 0.744. The van der Waals surface area contributed by atoms with Crippen molar-refractivity contribution >= 4 is 23.0 Å². The highest BCUT2D eigenvalue weighted by atomic mass is 32.1. The number of ether oxygens (including phenoxy) is 2. The van der Waals surface area contributed by atoms with Gasteiger partial charge in [-0.3, -0.25) is 4.90 Å². The van der Waals surface area contributed by atoms with Gasteiger partial charge in [0.2, 0.25) is 0 Å². The molecule has 2 aromatic carbocycles. The summed E-state index contributed by atoms with van der Waals surface area (Å²) in [4.78, 5) is 2.44. The Labute approximate surface area is 166 Å². The molecular formula is C21H27N3O2S. The van der Waals surface area contributed by atoms with E-state index >= 15 is 0 Å². The van der Waals surface area contributed by atoms with Crippen molar-refractivity contribution in [3.63, 3.8) is 0 Å². The first-order chi connectivity index (χ1) is 13.2. The third kappa shape index (κ3) is 5.66. The number of anilines is 1. The second kappa shape index (κ2) is 9.69. The number of hydrogen-bond acceptors (Lipinski definition) is 4. The molecule has 0 radical (unpaired) electrons. The van der Waals surface area contributed by atoms with Gasteiger partial charge in [0, 0.05) is 25.3 Å². The molecule has 0 amide bonds. The van der Waals surface area contributed by atoms with Crippen LogP contribution in [-0.2, 0) is 4.74 Å². The van der Waals surface area contributed by atoms with Crippen LogP contribution in [-0.4, -0.2) is 50.0 Å². The second-order valence-electron chi connectivity index (χ2n) is 6.64. The number of hydrogen-bond donors (Lipinski definition) is 2. The van der Waals surface area contributed by atoms with Crippen LogP contribution < -0.4 is 15.4 Å². The molecule has 0 aliphatic carbocycles. The summed E-state index contributed by atoms with van der Waals surface area (Å²) in [6.07, 6.45) is 0. The van der Waals surface area contributed by atoms with E-state index in [1.807, 2.05) is 24.3 Å². The predicted octanol–water partition coefficient (Wildman–Crippen LogP) is 3.36. The maximum Gasteiger partial charge on any atom is 0.170 e. The summed E-state index contributed by atoms with van der Waals surface area (Å²) in [7, 11) is 1.69. The summed E-state index contributed by atoms with van der Waals surface area (Å²) in [6.45, 7) is 6.15. The average Bonchev–Trinajstić information content (AvgIpc) is 2.69. The molecule has 2 N–H and O–H groups in total. The Hall–Kier alpha value is -2.15. The lowest BCUT2D eigenvalue weighted by molar-refractivity contribution is 0.0170. The number of nitrogens with one attached hydrogen (secondary N) is 2. The van der Waals surface area contributed by atoms with Gasteiger partial charge in [-0.1, -0.05) is 24.3 Å². The maximum absolute atomic E-state index is 5.52. The van der Waals surface area contributed by atoms with Crippen molar-refractivity contribution in [2.75, 3.05) is 45.3 Å².